The SMILES string of the molecule is Cc1cc(=O)c(N2CCOCC2)nn1-c1cccc(C(F)(F)F)c1. The maximum Gasteiger partial charge on any atom is 0.416 e. The molecule has 0 amide bonds. The van der Waals surface area contributed by atoms with E-state index in [2.05, 4.69) is 5.10 Å². The van der Waals surface area contributed by atoms with Crippen LogP contribution in [-0.2, 0) is 10.9 Å². The van der Waals surface area contributed by atoms with Gasteiger partial charge in [-0.05, 0) is 25.1 Å². The minimum Gasteiger partial charge on any atom is -0.378 e. The molecular weight excluding hydrogens is 323 g/mol. The standard InChI is InChI=1S/C16H16F3N3O2/c1-11-9-14(23)15(21-5-7-24-8-6-21)20-22(11)13-4-2-3-12(10-13)16(17,18)19/h2-4,9-10H,5-8H2,1H3. The highest BCUT2D eigenvalue weighted by Gasteiger charge is 2.30. The van der Waals surface area contributed by atoms with Gasteiger partial charge in [0, 0.05) is 24.8 Å². The number of aryl methyl sites for hydroxylation is 1. The summed E-state index contributed by atoms with van der Waals surface area (Å²) in [5, 5.41) is 4.30. The molecule has 0 N–H and O–H groups in total. The Morgan fingerprint density at radius 2 is 1.88 bits per heavy atom. The molecule has 1 fully saturated rings. The van der Waals surface area contributed by atoms with Crippen molar-refractivity contribution in [3.05, 3.63) is 51.8 Å². The Bertz CT molecular complexity index is 796. The molecule has 5 nitrogen and oxygen atoms in total. The second-order valence-electron chi connectivity index (χ2n) is 5.53. The molecule has 0 radical (unpaired) electrons. The summed E-state index contributed by atoms with van der Waals surface area (Å²) in [5.41, 5.74) is -0.279. The smallest absolute Gasteiger partial charge is 0.378 e. The highest BCUT2D eigenvalue weighted by Crippen LogP contribution is 2.30. The molecule has 1 aliphatic rings. The first-order valence-electron chi connectivity index (χ1n) is 7.47. The number of ether oxygens (including phenoxy) is 1. The fourth-order valence-electron chi connectivity index (χ4n) is 2.61. The summed E-state index contributed by atoms with van der Waals surface area (Å²) in [6.07, 6.45) is -4.43. The predicted molar refractivity (Wildman–Crippen MR) is 82.6 cm³/mol. The maximum absolute atomic E-state index is 12.9. The minimum atomic E-state index is -4.43. The first kappa shape index (κ1) is 16.5. The Hall–Kier alpha value is -2.35. The molecule has 128 valence electrons. The van der Waals surface area contributed by atoms with Crippen LogP contribution in [-0.4, -0.2) is 36.1 Å². The summed E-state index contributed by atoms with van der Waals surface area (Å²) in [6, 6.07) is 6.27. The van der Waals surface area contributed by atoms with Gasteiger partial charge in [-0.15, -0.1) is 5.10 Å². The summed E-state index contributed by atoms with van der Waals surface area (Å²) in [4.78, 5) is 14.0. The Balaban J connectivity index is 2.06. The average Bonchev–Trinajstić information content (AvgIpc) is 2.55. The summed E-state index contributed by atoms with van der Waals surface area (Å²) in [7, 11) is 0. The molecule has 1 saturated heterocycles. The van der Waals surface area contributed by atoms with Crippen LogP contribution in [0.2, 0.25) is 0 Å². The third-order valence-electron chi connectivity index (χ3n) is 3.82. The third-order valence-corrected chi connectivity index (χ3v) is 3.82. The van der Waals surface area contributed by atoms with Crippen LogP contribution in [0.15, 0.2) is 35.1 Å². The van der Waals surface area contributed by atoms with Crippen molar-refractivity contribution in [3.63, 3.8) is 0 Å². The van der Waals surface area contributed by atoms with Crippen LogP contribution in [0.1, 0.15) is 11.3 Å². The predicted octanol–water partition coefficient (Wildman–Crippen LogP) is 2.40. The van der Waals surface area contributed by atoms with Crippen LogP contribution in [0.5, 0.6) is 0 Å². The van der Waals surface area contributed by atoms with Crippen molar-refractivity contribution >= 4 is 5.82 Å². The lowest BCUT2D eigenvalue weighted by Gasteiger charge is -2.27. The second-order valence-corrected chi connectivity index (χ2v) is 5.53. The minimum absolute atomic E-state index is 0.223. The van der Waals surface area contributed by atoms with Crippen molar-refractivity contribution < 1.29 is 17.9 Å². The second kappa shape index (κ2) is 6.27. The number of nitrogens with zero attached hydrogens (tertiary/aromatic N) is 3. The van der Waals surface area contributed by atoms with Crippen LogP contribution < -0.4 is 10.3 Å². The molecule has 0 atom stereocenters. The number of benzene rings is 1. The van der Waals surface area contributed by atoms with Gasteiger partial charge in [-0.2, -0.15) is 13.2 Å². The van der Waals surface area contributed by atoms with Crippen LogP contribution in [0.3, 0.4) is 0 Å². The van der Waals surface area contributed by atoms with E-state index in [0.717, 1.165) is 12.1 Å². The van der Waals surface area contributed by atoms with Crippen molar-refractivity contribution in [1.29, 1.82) is 0 Å². The first-order valence-corrected chi connectivity index (χ1v) is 7.47. The van der Waals surface area contributed by atoms with Crippen LogP contribution in [0.25, 0.3) is 5.69 Å². The Morgan fingerprint density at radius 3 is 2.54 bits per heavy atom. The van der Waals surface area contributed by atoms with Gasteiger partial charge in [-0.3, -0.25) is 4.79 Å². The Morgan fingerprint density at radius 1 is 1.17 bits per heavy atom. The average molecular weight is 339 g/mol. The van der Waals surface area contributed by atoms with E-state index in [9.17, 15) is 18.0 Å². The highest BCUT2D eigenvalue weighted by atomic mass is 19.4. The molecule has 0 saturated carbocycles. The molecule has 1 aliphatic heterocycles. The van der Waals surface area contributed by atoms with E-state index in [1.54, 1.807) is 11.8 Å². The van der Waals surface area contributed by atoms with E-state index in [-0.39, 0.29) is 16.9 Å². The molecule has 0 bridgehead atoms. The van der Waals surface area contributed by atoms with Crippen molar-refractivity contribution in [2.24, 2.45) is 0 Å². The molecule has 2 aromatic rings. The molecular formula is C16H16F3N3O2. The number of halogens is 3. The van der Waals surface area contributed by atoms with Crippen LogP contribution in [0.4, 0.5) is 19.0 Å². The lowest BCUT2D eigenvalue weighted by molar-refractivity contribution is -0.137. The summed E-state index contributed by atoms with van der Waals surface area (Å²) in [5.74, 6) is 0.223. The fourth-order valence-corrected chi connectivity index (χ4v) is 2.61. The molecule has 24 heavy (non-hydrogen) atoms. The lowest BCUT2D eigenvalue weighted by atomic mass is 10.2. The number of anilines is 1. The van der Waals surface area contributed by atoms with Crippen molar-refractivity contribution in [2.75, 3.05) is 31.2 Å². The van der Waals surface area contributed by atoms with Gasteiger partial charge in [0.25, 0.3) is 0 Å². The molecule has 8 heteroatoms. The lowest BCUT2D eigenvalue weighted by Crippen LogP contribution is -2.40. The monoisotopic (exact) mass is 339 g/mol. The zero-order chi connectivity index (χ0) is 17.3. The van der Waals surface area contributed by atoms with Gasteiger partial charge < -0.3 is 9.64 Å². The van der Waals surface area contributed by atoms with Crippen LogP contribution >= 0.6 is 0 Å². The zero-order valence-corrected chi connectivity index (χ0v) is 13.0. The Kier molecular flexibility index (Phi) is 4.31. The largest absolute Gasteiger partial charge is 0.416 e. The van der Waals surface area contributed by atoms with Crippen molar-refractivity contribution in [3.8, 4) is 5.69 Å². The van der Waals surface area contributed by atoms with Gasteiger partial charge in [-0.1, -0.05) is 6.07 Å². The number of hydrogen-bond acceptors (Lipinski definition) is 4. The van der Waals surface area contributed by atoms with Gasteiger partial charge in [-0.25, -0.2) is 4.68 Å². The van der Waals surface area contributed by atoms with E-state index >= 15 is 0 Å². The van der Waals surface area contributed by atoms with Gasteiger partial charge in [0.2, 0.25) is 5.43 Å². The van der Waals surface area contributed by atoms with E-state index < -0.39 is 11.7 Å². The van der Waals surface area contributed by atoms with Crippen molar-refractivity contribution in [2.45, 2.75) is 13.1 Å². The number of aromatic nitrogens is 2. The fraction of sp³-hybridized carbons (Fsp3) is 0.375. The zero-order valence-electron chi connectivity index (χ0n) is 13.0. The number of alkyl halides is 3. The topological polar surface area (TPSA) is 47.4 Å². The molecule has 2 heterocycles. The quantitative estimate of drug-likeness (QED) is 0.843. The summed E-state index contributed by atoms with van der Waals surface area (Å²) < 4.78 is 45.4. The van der Waals surface area contributed by atoms with Gasteiger partial charge in [0.15, 0.2) is 5.82 Å². The van der Waals surface area contributed by atoms with Gasteiger partial charge >= 0.3 is 6.18 Å². The Labute approximate surface area is 136 Å². The van der Waals surface area contributed by atoms with E-state index in [4.69, 9.17) is 4.74 Å². The number of morpholine rings is 1. The number of rotatable bonds is 2. The molecule has 1 aromatic carbocycles. The molecule has 3 rings (SSSR count). The first-order chi connectivity index (χ1) is 11.4. The maximum atomic E-state index is 12.9. The highest BCUT2D eigenvalue weighted by molar-refractivity contribution is 5.43. The van der Waals surface area contributed by atoms with Crippen LogP contribution in [0, 0.1) is 6.92 Å². The molecule has 1 aromatic heterocycles. The summed E-state index contributed by atoms with van der Waals surface area (Å²) >= 11 is 0. The molecule has 0 spiro atoms. The number of hydrogen-bond donors (Lipinski definition) is 0. The summed E-state index contributed by atoms with van der Waals surface area (Å²) in [6.45, 7) is 3.65. The molecule has 0 unspecified atom stereocenters. The van der Waals surface area contributed by atoms with E-state index in [1.165, 1.54) is 22.9 Å². The third kappa shape index (κ3) is 3.28. The van der Waals surface area contributed by atoms with E-state index in [0.29, 0.717) is 32.0 Å². The molecule has 0 aliphatic carbocycles. The van der Waals surface area contributed by atoms with E-state index in [1.807, 2.05) is 0 Å². The van der Waals surface area contributed by atoms with Gasteiger partial charge in [0.05, 0.1) is 24.5 Å². The normalized spacial score (nSPS) is 15.6. The van der Waals surface area contributed by atoms with Crippen molar-refractivity contribution in [1.82, 2.24) is 9.78 Å². The van der Waals surface area contributed by atoms with Gasteiger partial charge in [0.1, 0.15) is 0 Å².